The van der Waals surface area contributed by atoms with Crippen molar-refractivity contribution in [1.29, 1.82) is 0 Å². The molecular formula is C14H20N2O2S. The number of hydrogen-bond acceptors (Lipinski definition) is 4. The average molecular weight is 280 g/mol. The van der Waals surface area contributed by atoms with Crippen molar-refractivity contribution in [3.05, 3.63) is 15.6 Å². The summed E-state index contributed by atoms with van der Waals surface area (Å²) < 4.78 is 0. The lowest BCUT2D eigenvalue weighted by molar-refractivity contribution is 0.0700. The quantitative estimate of drug-likeness (QED) is 0.921. The molecule has 19 heavy (non-hydrogen) atoms. The Hall–Kier alpha value is -0.940. The Kier molecular flexibility index (Phi) is 3.58. The number of rotatable bonds is 4. The normalized spacial score (nSPS) is 24.6. The van der Waals surface area contributed by atoms with Gasteiger partial charge in [-0.15, -0.1) is 11.3 Å². The molecule has 1 aromatic rings. The number of likely N-dealkylation sites (tertiary alicyclic amines) is 1. The second kappa shape index (κ2) is 5.21. The van der Waals surface area contributed by atoms with Gasteiger partial charge in [0, 0.05) is 12.5 Å². The molecule has 0 aromatic carbocycles. The van der Waals surface area contributed by atoms with Crippen LogP contribution < -0.4 is 0 Å². The summed E-state index contributed by atoms with van der Waals surface area (Å²) in [6.07, 6.45) is 4.75. The molecule has 1 aromatic heterocycles. The summed E-state index contributed by atoms with van der Waals surface area (Å²) in [5, 5.41) is 10.2. The van der Waals surface area contributed by atoms with Gasteiger partial charge in [-0.25, -0.2) is 9.78 Å². The highest BCUT2D eigenvalue weighted by Gasteiger charge is 2.32. The van der Waals surface area contributed by atoms with Crippen molar-refractivity contribution in [2.75, 3.05) is 13.1 Å². The van der Waals surface area contributed by atoms with Gasteiger partial charge in [-0.05, 0) is 38.1 Å². The molecule has 4 nitrogen and oxygen atoms in total. The molecule has 0 spiro atoms. The molecule has 5 heteroatoms. The summed E-state index contributed by atoms with van der Waals surface area (Å²) in [7, 11) is 0. The Labute approximate surface area is 117 Å². The van der Waals surface area contributed by atoms with Gasteiger partial charge < -0.3 is 5.11 Å². The molecule has 1 saturated carbocycles. The highest BCUT2D eigenvalue weighted by atomic mass is 32.1. The summed E-state index contributed by atoms with van der Waals surface area (Å²) >= 11 is 1.38. The minimum Gasteiger partial charge on any atom is -0.477 e. The van der Waals surface area contributed by atoms with E-state index in [1.54, 1.807) is 0 Å². The second-order valence-electron chi connectivity index (χ2n) is 5.88. The van der Waals surface area contributed by atoms with Gasteiger partial charge in [0.2, 0.25) is 0 Å². The Morgan fingerprint density at radius 1 is 1.47 bits per heavy atom. The van der Waals surface area contributed by atoms with E-state index in [1.807, 2.05) is 0 Å². The zero-order valence-electron chi connectivity index (χ0n) is 11.3. The largest absolute Gasteiger partial charge is 0.477 e. The first-order valence-corrected chi connectivity index (χ1v) is 7.90. The van der Waals surface area contributed by atoms with Gasteiger partial charge in [-0.2, -0.15) is 0 Å². The molecule has 2 aliphatic rings. The van der Waals surface area contributed by atoms with E-state index in [0.717, 1.165) is 49.1 Å². The number of nitrogens with zero attached hydrogens (tertiary/aromatic N) is 2. The van der Waals surface area contributed by atoms with Crippen molar-refractivity contribution < 1.29 is 9.90 Å². The molecule has 1 aliphatic carbocycles. The maximum absolute atomic E-state index is 11.3. The molecule has 1 aliphatic heterocycles. The summed E-state index contributed by atoms with van der Waals surface area (Å²) in [5.74, 6) is 0.351. The maximum Gasteiger partial charge on any atom is 0.347 e. The molecule has 0 radical (unpaired) electrons. The van der Waals surface area contributed by atoms with Crippen LogP contribution in [0.4, 0.5) is 0 Å². The van der Waals surface area contributed by atoms with Crippen LogP contribution in [0.3, 0.4) is 0 Å². The first-order valence-electron chi connectivity index (χ1n) is 7.08. The molecule has 1 atom stereocenters. The van der Waals surface area contributed by atoms with E-state index >= 15 is 0 Å². The van der Waals surface area contributed by atoms with Crippen LogP contribution in [0.1, 0.15) is 58.9 Å². The van der Waals surface area contributed by atoms with Gasteiger partial charge >= 0.3 is 5.97 Å². The third-order valence-corrected chi connectivity index (χ3v) is 5.00. The van der Waals surface area contributed by atoms with Crippen LogP contribution in [0.15, 0.2) is 0 Å². The molecule has 2 fully saturated rings. The number of thiazole rings is 1. The average Bonchev–Trinajstić information content (AvgIpc) is 3.11. The Morgan fingerprint density at radius 2 is 2.26 bits per heavy atom. The molecule has 1 saturated heterocycles. The summed E-state index contributed by atoms with van der Waals surface area (Å²) in [5.41, 5.74) is 0.845. The third-order valence-electron chi connectivity index (χ3n) is 3.96. The van der Waals surface area contributed by atoms with E-state index in [0.29, 0.717) is 10.8 Å². The number of carboxylic acid groups (broad SMARTS) is 1. The van der Waals surface area contributed by atoms with Crippen molar-refractivity contribution >= 4 is 17.3 Å². The van der Waals surface area contributed by atoms with Gasteiger partial charge in [0.25, 0.3) is 0 Å². The first-order chi connectivity index (χ1) is 9.13. The summed E-state index contributed by atoms with van der Waals surface area (Å²) in [6.45, 7) is 5.33. The van der Waals surface area contributed by atoms with E-state index in [-0.39, 0.29) is 0 Å². The zero-order valence-corrected chi connectivity index (χ0v) is 12.1. The van der Waals surface area contributed by atoms with E-state index in [9.17, 15) is 9.90 Å². The lowest BCUT2D eigenvalue weighted by Crippen LogP contribution is -2.33. The number of aromatic nitrogens is 1. The summed E-state index contributed by atoms with van der Waals surface area (Å²) in [6, 6.07) is 0. The number of carbonyl (C=O) groups is 1. The molecule has 2 heterocycles. The topological polar surface area (TPSA) is 53.4 Å². The third kappa shape index (κ3) is 2.98. The lowest BCUT2D eigenvalue weighted by Gasteiger charge is -2.29. The maximum atomic E-state index is 11.3. The van der Waals surface area contributed by atoms with Crippen molar-refractivity contribution in [3.8, 4) is 0 Å². The Bertz CT molecular complexity index is 482. The standard InChI is InChI=1S/C14H20N2O2S/c1-9-3-2-6-16(7-9)8-11-15-12(10-4-5-10)13(19-11)14(17)18/h9-10H,2-8H2,1H3,(H,17,18). The molecule has 1 unspecified atom stereocenters. The minimum atomic E-state index is -0.808. The van der Waals surface area contributed by atoms with Crippen LogP contribution >= 0.6 is 11.3 Å². The molecule has 0 bridgehead atoms. The summed E-state index contributed by atoms with van der Waals surface area (Å²) in [4.78, 5) is 18.8. The predicted molar refractivity (Wildman–Crippen MR) is 74.7 cm³/mol. The van der Waals surface area contributed by atoms with Crippen molar-refractivity contribution in [1.82, 2.24) is 9.88 Å². The molecule has 3 rings (SSSR count). The fourth-order valence-electron chi connectivity index (χ4n) is 2.85. The van der Waals surface area contributed by atoms with Crippen LogP contribution in [-0.2, 0) is 6.54 Å². The molecular weight excluding hydrogens is 260 g/mol. The Balaban J connectivity index is 1.73. The lowest BCUT2D eigenvalue weighted by atomic mass is 10.0. The highest BCUT2D eigenvalue weighted by Crippen LogP contribution is 2.42. The highest BCUT2D eigenvalue weighted by molar-refractivity contribution is 7.13. The number of piperidine rings is 1. The van der Waals surface area contributed by atoms with Crippen LogP contribution in [0.2, 0.25) is 0 Å². The number of hydrogen-bond donors (Lipinski definition) is 1. The van der Waals surface area contributed by atoms with Crippen LogP contribution in [-0.4, -0.2) is 34.0 Å². The molecule has 104 valence electrons. The van der Waals surface area contributed by atoms with Gasteiger partial charge in [-0.3, -0.25) is 4.90 Å². The van der Waals surface area contributed by atoms with Gasteiger partial charge in [0.05, 0.1) is 12.2 Å². The van der Waals surface area contributed by atoms with Crippen molar-refractivity contribution in [3.63, 3.8) is 0 Å². The number of aromatic carboxylic acids is 1. The second-order valence-corrected chi connectivity index (χ2v) is 6.97. The number of carboxylic acids is 1. The van der Waals surface area contributed by atoms with Crippen molar-refractivity contribution in [2.24, 2.45) is 5.92 Å². The fraction of sp³-hybridized carbons (Fsp3) is 0.714. The van der Waals surface area contributed by atoms with Gasteiger partial charge in [-0.1, -0.05) is 6.92 Å². The van der Waals surface area contributed by atoms with Crippen LogP contribution in [0.5, 0.6) is 0 Å². The monoisotopic (exact) mass is 280 g/mol. The minimum absolute atomic E-state index is 0.413. The van der Waals surface area contributed by atoms with E-state index in [2.05, 4.69) is 16.8 Å². The predicted octanol–water partition coefficient (Wildman–Crippen LogP) is 2.95. The van der Waals surface area contributed by atoms with Gasteiger partial charge in [0.15, 0.2) is 0 Å². The zero-order chi connectivity index (χ0) is 13.4. The van der Waals surface area contributed by atoms with E-state index in [1.165, 1.54) is 24.2 Å². The molecule has 0 amide bonds. The Morgan fingerprint density at radius 3 is 2.89 bits per heavy atom. The molecule has 1 N–H and O–H groups in total. The fourth-order valence-corrected chi connectivity index (χ4v) is 3.88. The first kappa shape index (κ1) is 13.1. The SMILES string of the molecule is CC1CCCN(Cc2nc(C3CC3)c(C(=O)O)s2)C1. The van der Waals surface area contributed by atoms with Gasteiger partial charge in [0.1, 0.15) is 9.88 Å². The van der Waals surface area contributed by atoms with Crippen molar-refractivity contribution in [2.45, 2.75) is 45.1 Å². The van der Waals surface area contributed by atoms with E-state index in [4.69, 9.17) is 0 Å². The van der Waals surface area contributed by atoms with Crippen LogP contribution in [0.25, 0.3) is 0 Å². The smallest absolute Gasteiger partial charge is 0.347 e. The van der Waals surface area contributed by atoms with E-state index < -0.39 is 5.97 Å². The van der Waals surface area contributed by atoms with Crippen LogP contribution in [0, 0.1) is 5.92 Å².